The van der Waals surface area contributed by atoms with Crippen LogP contribution in [0.1, 0.15) is 19.8 Å². The van der Waals surface area contributed by atoms with Gasteiger partial charge in [-0.2, -0.15) is 0 Å². The molecule has 0 unspecified atom stereocenters. The topological polar surface area (TPSA) is 20.3 Å². The number of hydrogen-bond acceptors (Lipinski definition) is 2. The van der Waals surface area contributed by atoms with Crippen LogP contribution in [0.4, 0.5) is 4.39 Å². The van der Waals surface area contributed by atoms with Gasteiger partial charge in [0.1, 0.15) is 0 Å². The Hall–Kier alpha value is -0.440. The van der Waals surface area contributed by atoms with E-state index in [2.05, 4.69) is 4.90 Å². The molecule has 0 aromatic rings. The first kappa shape index (κ1) is 8.65. The monoisotopic (exact) mass is 159 g/mol. The molecule has 1 aliphatic heterocycles. The molecule has 0 atom stereocenters. The summed E-state index contributed by atoms with van der Waals surface area (Å²) in [6, 6.07) is 0. The quantitative estimate of drug-likeness (QED) is 0.560. The third-order valence-electron chi connectivity index (χ3n) is 2.35. The first-order valence-corrected chi connectivity index (χ1v) is 4.08. The highest BCUT2D eigenvalue weighted by atomic mass is 19.1. The fourth-order valence-corrected chi connectivity index (χ4v) is 1.36. The van der Waals surface area contributed by atoms with E-state index in [-0.39, 0.29) is 0 Å². The number of carbonyl (C=O) groups excluding carboxylic acids is 1. The zero-order valence-electron chi connectivity index (χ0n) is 6.85. The fourth-order valence-electron chi connectivity index (χ4n) is 1.36. The fraction of sp³-hybridized carbons (Fsp3) is 0.875. The molecule has 0 aromatic heterocycles. The van der Waals surface area contributed by atoms with E-state index in [0.717, 1.165) is 6.54 Å². The van der Waals surface area contributed by atoms with Crippen LogP contribution in [0, 0.1) is 0 Å². The van der Waals surface area contributed by atoms with E-state index in [1.807, 2.05) is 6.92 Å². The molecule has 0 bridgehead atoms. The minimum atomic E-state index is -1.52. The maximum Gasteiger partial charge on any atom is 0.168 e. The van der Waals surface area contributed by atoms with Crippen molar-refractivity contribution < 1.29 is 9.18 Å². The van der Waals surface area contributed by atoms with Crippen LogP contribution in [0.25, 0.3) is 0 Å². The molecule has 11 heavy (non-hydrogen) atoms. The summed E-state index contributed by atoms with van der Waals surface area (Å²) in [6.07, 6.45) is 1.19. The van der Waals surface area contributed by atoms with Gasteiger partial charge in [0.25, 0.3) is 0 Å². The Labute approximate surface area is 66.4 Å². The van der Waals surface area contributed by atoms with Gasteiger partial charge in [0.05, 0.1) is 0 Å². The Balaban J connectivity index is 2.41. The molecule has 3 heteroatoms. The number of carbonyl (C=O) groups is 1. The average Bonchev–Trinajstić information content (AvgIpc) is 2.06. The lowest BCUT2D eigenvalue weighted by Crippen LogP contribution is -2.42. The molecule has 64 valence electrons. The van der Waals surface area contributed by atoms with Crippen molar-refractivity contribution in [3.63, 3.8) is 0 Å². The predicted octanol–water partition coefficient (Wildman–Crippen LogP) is 1.01. The van der Waals surface area contributed by atoms with Crippen molar-refractivity contribution in [2.45, 2.75) is 25.4 Å². The van der Waals surface area contributed by atoms with Crippen LogP contribution in [0.5, 0.6) is 0 Å². The van der Waals surface area contributed by atoms with E-state index in [9.17, 15) is 9.18 Å². The van der Waals surface area contributed by atoms with Gasteiger partial charge in [-0.1, -0.05) is 6.92 Å². The van der Waals surface area contributed by atoms with E-state index in [1.165, 1.54) is 0 Å². The van der Waals surface area contributed by atoms with Crippen molar-refractivity contribution in [3.05, 3.63) is 0 Å². The highest BCUT2D eigenvalue weighted by Crippen LogP contribution is 2.23. The van der Waals surface area contributed by atoms with E-state index >= 15 is 0 Å². The minimum absolute atomic E-state index is 0.365. The Bertz CT molecular complexity index is 141. The lowest BCUT2D eigenvalue weighted by molar-refractivity contribution is -0.120. The normalized spacial score (nSPS) is 24.9. The number of nitrogens with zero attached hydrogens (tertiary/aromatic N) is 1. The first-order valence-electron chi connectivity index (χ1n) is 4.08. The third-order valence-corrected chi connectivity index (χ3v) is 2.35. The summed E-state index contributed by atoms with van der Waals surface area (Å²) >= 11 is 0. The maximum absolute atomic E-state index is 13.2. The Morgan fingerprint density at radius 3 is 2.45 bits per heavy atom. The second kappa shape index (κ2) is 3.30. The van der Waals surface area contributed by atoms with E-state index in [0.29, 0.717) is 32.2 Å². The highest BCUT2D eigenvalue weighted by Gasteiger charge is 2.33. The van der Waals surface area contributed by atoms with Gasteiger partial charge in [0, 0.05) is 25.9 Å². The summed E-state index contributed by atoms with van der Waals surface area (Å²) in [5.74, 6) is 0. The standard InChI is InChI=1S/C8H14FNO/c1-2-10-5-3-8(9,7-11)4-6-10/h7H,2-6H2,1H3. The first-order chi connectivity index (χ1) is 5.20. The number of likely N-dealkylation sites (tertiary alicyclic amines) is 1. The molecule has 2 nitrogen and oxygen atoms in total. The number of rotatable bonds is 2. The summed E-state index contributed by atoms with van der Waals surface area (Å²) in [7, 11) is 0. The lowest BCUT2D eigenvalue weighted by Gasteiger charge is -2.32. The van der Waals surface area contributed by atoms with Gasteiger partial charge in [-0.05, 0) is 6.54 Å². The third kappa shape index (κ3) is 1.99. The number of aldehydes is 1. The van der Waals surface area contributed by atoms with Gasteiger partial charge in [-0.15, -0.1) is 0 Å². The molecule has 0 amide bonds. The SMILES string of the molecule is CCN1CCC(F)(C=O)CC1. The molecular weight excluding hydrogens is 145 g/mol. The molecule has 0 aliphatic carbocycles. The summed E-state index contributed by atoms with van der Waals surface area (Å²) in [4.78, 5) is 12.4. The van der Waals surface area contributed by atoms with E-state index in [1.54, 1.807) is 0 Å². The summed E-state index contributed by atoms with van der Waals surface area (Å²) in [6.45, 7) is 4.43. The number of piperidine rings is 1. The average molecular weight is 159 g/mol. The van der Waals surface area contributed by atoms with Crippen molar-refractivity contribution in [2.24, 2.45) is 0 Å². The Morgan fingerprint density at radius 2 is 2.09 bits per heavy atom. The smallest absolute Gasteiger partial charge is 0.168 e. The molecule has 1 aliphatic rings. The molecule has 0 radical (unpaired) electrons. The molecule has 1 saturated heterocycles. The Morgan fingerprint density at radius 1 is 1.55 bits per heavy atom. The molecule has 1 fully saturated rings. The summed E-state index contributed by atoms with van der Waals surface area (Å²) < 4.78 is 13.2. The largest absolute Gasteiger partial charge is 0.303 e. The van der Waals surface area contributed by atoms with Gasteiger partial charge in [-0.25, -0.2) is 4.39 Å². The van der Waals surface area contributed by atoms with Gasteiger partial charge in [0.2, 0.25) is 0 Å². The highest BCUT2D eigenvalue weighted by molar-refractivity contribution is 5.62. The maximum atomic E-state index is 13.2. The van der Waals surface area contributed by atoms with Crippen molar-refractivity contribution in [3.8, 4) is 0 Å². The zero-order valence-corrected chi connectivity index (χ0v) is 6.85. The summed E-state index contributed by atoms with van der Waals surface area (Å²) in [5, 5.41) is 0. The van der Waals surface area contributed by atoms with Crippen molar-refractivity contribution in [1.82, 2.24) is 4.90 Å². The minimum Gasteiger partial charge on any atom is -0.303 e. The number of halogens is 1. The molecule has 0 N–H and O–H groups in total. The van der Waals surface area contributed by atoms with Crippen molar-refractivity contribution in [1.29, 1.82) is 0 Å². The van der Waals surface area contributed by atoms with E-state index < -0.39 is 5.67 Å². The number of alkyl halides is 1. The van der Waals surface area contributed by atoms with Crippen LogP contribution >= 0.6 is 0 Å². The molecule has 0 saturated carbocycles. The van der Waals surface area contributed by atoms with Crippen LogP contribution in [0.2, 0.25) is 0 Å². The van der Waals surface area contributed by atoms with Crippen LogP contribution in [-0.4, -0.2) is 36.5 Å². The van der Waals surface area contributed by atoms with Gasteiger partial charge < -0.3 is 4.90 Å². The van der Waals surface area contributed by atoms with Gasteiger partial charge >= 0.3 is 0 Å². The molecule has 1 rings (SSSR count). The van der Waals surface area contributed by atoms with Gasteiger partial charge in [-0.3, -0.25) is 4.79 Å². The molecule has 0 spiro atoms. The lowest BCUT2D eigenvalue weighted by atomic mass is 9.95. The molecule has 1 heterocycles. The van der Waals surface area contributed by atoms with Crippen molar-refractivity contribution >= 4 is 6.29 Å². The second-order valence-corrected chi connectivity index (χ2v) is 3.09. The van der Waals surface area contributed by atoms with Gasteiger partial charge in [0.15, 0.2) is 12.0 Å². The zero-order chi connectivity index (χ0) is 8.32. The van der Waals surface area contributed by atoms with Crippen LogP contribution in [0.3, 0.4) is 0 Å². The second-order valence-electron chi connectivity index (χ2n) is 3.09. The molecular formula is C8H14FNO. The predicted molar refractivity (Wildman–Crippen MR) is 41.3 cm³/mol. The number of hydrogen-bond donors (Lipinski definition) is 0. The van der Waals surface area contributed by atoms with Crippen molar-refractivity contribution in [2.75, 3.05) is 19.6 Å². The van der Waals surface area contributed by atoms with E-state index in [4.69, 9.17) is 0 Å². The van der Waals surface area contributed by atoms with Crippen LogP contribution < -0.4 is 0 Å². The molecule has 0 aromatic carbocycles. The Kier molecular flexibility index (Phi) is 2.60. The van der Waals surface area contributed by atoms with Crippen LogP contribution in [0.15, 0.2) is 0 Å². The van der Waals surface area contributed by atoms with Crippen LogP contribution in [-0.2, 0) is 4.79 Å². The summed E-state index contributed by atoms with van der Waals surface area (Å²) in [5.41, 5.74) is -1.52.